The summed E-state index contributed by atoms with van der Waals surface area (Å²) in [6, 6.07) is 5.77. The van der Waals surface area contributed by atoms with Crippen molar-refractivity contribution < 1.29 is 9.59 Å². The van der Waals surface area contributed by atoms with Crippen LogP contribution in [0.2, 0.25) is 0 Å². The van der Waals surface area contributed by atoms with E-state index in [1.165, 1.54) is 16.7 Å². The van der Waals surface area contributed by atoms with E-state index in [1.54, 1.807) is 0 Å². The predicted molar refractivity (Wildman–Crippen MR) is 65.7 cm³/mol. The van der Waals surface area contributed by atoms with E-state index in [0.717, 1.165) is 16.8 Å². The molecule has 1 aliphatic rings. The zero-order valence-corrected chi connectivity index (χ0v) is 10.1. The van der Waals surface area contributed by atoms with E-state index >= 15 is 0 Å². The first kappa shape index (κ1) is 11.2. The van der Waals surface area contributed by atoms with Gasteiger partial charge in [0.25, 0.3) is 0 Å². The minimum atomic E-state index is -0.112. The number of carbonyl (C=O) groups excluding carboxylic acids is 2. The molecule has 1 aromatic carbocycles. The number of thioether (sulfide) groups is 1. The topological polar surface area (TPSA) is 37.4 Å². The Kier molecular flexibility index (Phi) is 3.01. The average Bonchev–Trinajstić information content (AvgIpc) is 2.21. The zero-order valence-electron chi connectivity index (χ0n) is 9.32. The van der Waals surface area contributed by atoms with Crippen molar-refractivity contribution in [3.05, 3.63) is 29.3 Å². The van der Waals surface area contributed by atoms with Gasteiger partial charge < -0.3 is 0 Å². The van der Waals surface area contributed by atoms with Gasteiger partial charge in [0, 0.05) is 0 Å². The van der Waals surface area contributed by atoms with Crippen LogP contribution in [-0.4, -0.2) is 23.3 Å². The molecule has 0 saturated carbocycles. The number of benzene rings is 1. The molecule has 84 valence electrons. The SMILES string of the molecule is Cc1cccc(C)c1N1C(=O)CSCC1=O. The summed E-state index contributed by atoms with van der Waals surface area (Å²) in [4.78, 5) is 24.9. The summed E-state index contributed by atoms with van der Waals surface area (Å²) in [5.41, 5.74) is 2.69. The first-order valence-corrected chi connectivity index (χ1v) is 6.26. The number of carbonyl (C=O) groups is 2. The second kappa shape index (κ2) is 4.29. The minimum absolute atomic E-state index is 0.112. The fourth-order valence-electron chi connectivity index (χ4n) is 1.90. The molecule has 0 atom stereocenters. The molecule has 1 fully saturated rings. The van der Waals surface area contributed by atoms with Crippen LogP contribution in [0.4, 0.5) is 5.69 Å². The minimum Gasteiger partial charge on any atom is -0.273 e. The number of hydrogen-bond donors (Lipinski definition) is 0. The average molecular weight is 235 g/mol. The molecule has 0 bridgehead atoms. The molecular weight excluding hydrogens is 222 g/mol. The van der Waals surface area contributed by atoms with Crippen molar-refractivity contribution in [1.82, 2.24) is 0 Å². The van der Waals surface area contributed by atoms with E-state index in [4.69, 9.17) is 0 Å². The maximum absolute atomic E-state index is 11.8. The summed E-state index contributed by atoms with van der Waals surface area (Å²) >= 11 is 1.38. The molecule has 2 amide bonds. The third-order valence-corrected chi connectivity index (χ3v) is 3.52. The molecule has 0 unspecified atom stereocenters. The molecule has 1 aliphatic heterocycles. The monoisotopic (exact) mass is 235 g/mol. The largest absolute Gasteiger partial charge is 0.273 e. The summed E-state index contributed by atoms with van der Waals surface area (Å²) in [6.07, 6.45) is 0. The van der Waals surface area contributed by atoms with Crippen LogP contribution in [0.15, 0.2) is 18.2 Å². The molecule has 3 nitrogen and oxygen atoms in total. The van der Waals surface area contributed by atoms with Gasteiger partial charge in [-0.15, -0.1) is 11.8 Å². The number of imide groups is 1. The van der Waals surface area contributed by atoms with Crippen LogP contribution in [0, 0.1) is 13.8 Å². The van der Waals surface area contributed by atoms with Gasteiger partial charge in [0.15, 0.2) is 0 Å². The van der Waals surface area contributed by atoms with Crippen LogP contribution in [0.25, 0.3) is 0 Å². The lowest BCUT2D eigenvalue weighted by atomic mass is 10.1. The molecular formula is C12H13NO2S. The first-order chi connectivity index (χ1) is 7.61. The lowest BCUT2D eigenvalue weighted by Gasteiger charge is -2.27. The fourth-order valence-corrected chi connectivity index (χ4v) is 2.61. The third kappa shape index (κ3) is 1.85. The van der Waals surface area contributed by atoms with Crippen molar-refractivity contribution in [1.29, 1.82) is 0 Å². The van der Waals surface area contributed by atoms with E-state index in [1.807, 2.05) is 32.0 Å². The molecule has 1 heterocycles. The Balaban J connectivity index is 2.49. The van der Waals surface area contributed by atoms with Gasteiger partial charge in [-0.05, 0) is 25.0 Å². The standard InChI is InChI=1S/C12H13NO2S/c1-8-4-3-5-9(2)12(8)13-10(14)6-16-7-11(13)15/h3-5H,6-7H2,1-2H3. The number of para-hydroxylation sites is 1. The molecule has 16 heavy (non-hydrogen) atoms. The van der Waals surface area contributed by atoms with Crippen LogP contribution >= 0.6 is 11.8 Å². The van der Waals surface area contributed by atoms with Gasteiger partial charge in [0.05, 0.1) is 17.2 Å². The first-order valence-electron chi connectivity index (χ1n) is 5.11. The van der Waals surface area contributed by atoms with Crippen molar-refractivity contribution in [3.63, 3.8) is 0 Å². The highest BCUT2D eigenvalue weighted by atomic mass is 32.2. The molecule has 0 radical (unpaired) electrons. The fraction of sp³-hybridized carbons (Fsp3) is 0.333. The Hall–Kier alpha value is -1.29. The molecule has 0 aliphatic carbocycles. The summed E-state index contributed by atoms with van der Waals surface area (Å²) in [5, 5.41) is 0. The van der Waals surface area contributed by atoms with Gasteiger partial charge in [-0.1, -0.05) is 18.2 Å². The highest BCUT2D eigenvalue weighted by Crippen LogP contribution is 2.28. The molecule has 0 spiro atoms. The highest BCUT2D eigenvalue weighted by molar-refractivity contribution is 8.00. The van der Waals surface area contributed by atoms with Gasteiger partial charge >= 0.3 is 0 Å². The van der Waals surface area contributed by atoms with Gasteiger partial charge in [-0.2, -0.15) is 0 Å². The number of hydrogen-bond acceptors (Lipinski definition) is 3. The Morgan fingerprint density at radius 1 is 1.06 bits per heavy atom. The molecule has 1 aromatic rings. The quantitative estimate of drug-likeness (QED) is 0.698. The Morgan fingerprint density at radius 3 is 2.06 bits per heavy atom. The van der Waals surface area contributed by atoms with E-state index < -0.39 is 0 Å². The van der Waals surface area contributed by atoms with E-state index in [2.05, 4.69) is 0 Å². The van der Waals surface area contributed by atoms with E-state index in [9.17, 15) is 9.59 Å². The molecule has 0 aromatic heterocycles. The summed E-state index contributed by atoms with van der Waals surface area (Å²) in [5.74, 6) is 0.552. The van der Waals surface area contributed by atoms with Crippen molar-refractivity contribution in [2.24, 2.45) is 0 Å². The number of anilines is 1. The van der Waals surface area contributed by atoms with Crippen LogP contribution in [0.1, 0.15) is 11.1 Å². The van der Waals surface area contributed by atoms with Crippen molar-refractivity contribution in [2.75, 3.05) is 16.4 Å². The van der Waals surface area contributed by atoms with Crippen molar-refractivity contribution in [2.45, 2.75) is 13.8 Å². The maximum atomic E-state index is 11.8. The summed E-state index contributed by atoms with van der Waals surface area (Å²) in [6.45, 7) is 3.84. The lowest BCUT2D eigenvalue weighted by molar-refractivity contribution is -0.124. The smallest absolute Gasteiger partial charge is 0.243 e. The number of amides is 2. The summed E-state index contributed by atoms with van der Waals surface area (Å²) in [7, 11) is 0. The molecule has 1 saturated heterocycles. The van der Waals surface area contributed by atoms with Crippen molar-refractivity contribution in [3.8, 4) is 0 Å². The third-order valence-electron chi connectivity index (χ3n) is 2.61. The highest BCUT2D eigenvalue weighted by Gasteiger charge is 2.29. The second-order valence-corrected chi connectivity index (χ2v) is 4.84. The van der Waals surface area contributed by atoms with Crippen LogP contribution in [0.5, 0.6) is 0 Å². The Morgan fingerprint density at radius 2 is 1.56 bits per heavy atom. The van der Waals surface area contributed by atoms with Gasteiger partial charge in [0.1, 0.15) is 0 Å². The Labute approximate surface area is 98.8 Å². The summed E-state index contributed by atoms with van der Waals surface area (Å²) < 4.78 is 0. The van der Waals surface area contributed by atoms with Crippen LogP contribution in [-0.2, 0) is 9.59 Å². The molecule has 4 heteroatoms. The lowest BCUT2D eigenvalue weighted by Crippen LogP contribution is -2.43. The van der Waals surface area contributed by atoms with Crippen LogP contribution < -0.4 is 4.90 Å². The van der Waals surface area contributed by atoms with Gasteiger partial charge in [-0.25, -0.2) is 4.90 Å². The normalized spacial score (nSPS) is 16.8. The maximum Gasteiger partial charge on any atom is 0.243 e. The molecule has 0 N–H and O–H groups in total. The van der Waals surface area contributed by atoms with Crippen molar-refractivity contribution >= 4 is 29.3 Å². The zero-order chi connectivity index (χ0) is 11.7. The number of rotatable bonds is 1. The van der Waals surface area contributed by atoms with E-state index in [-0.39, 0.29) is 11.8 Å². The van der Waals surface area contributed by atoms with E-state index in [0.29, 0.717) is 11.5 Å². The van der Waals surface area contributed by atoms with Gasteiger partial charge in [0.2, 0.25) is 11.8 Å². The number of nitrogens with zero attached hydrogens (tertiary/aromatic N) is 1. The van der Waals surface area contributed by atoms with Gasteiger partial charge in [-0.3, -0.25) is 9.59 Å². The second-order valence-electron chi connectivity index (χ2n) is 3.86. The predicted octanol–water partition coefficient (Wildman–Crippen LogP) is 1.91. The molecule has 2 rings (SSSR count). The Bertz CT molecular complexity index is 420. The number of aryl methyl sites for hydroxylation is 2. The van der Waals surface area contributed by atoms with Crippen LogP contribution in [0.3, 0.4) is 0 Å².